The number of nitrogens with one attached hydrogen (secondary N) is 1. The van der Waals surface area contributed by atoms with Gasteiger partial charge in [0.15, 0.2) is 10.8 Å². The second kappa shape index (κ2) is 7.33. The maximum atomic E-state index is 12.2. The number of ether oxygens (including phenoxy) is 1. The molecule has 0 atom stereocenters. The Morgan fingerprint density at radius 3 is 2.67 bits per heavy atom. The smallest absolute Gasteiger partial charge is 0.274 e. The van der Waals surface area contributed by atoms with E-state index in [1.54, 1.807) is 17.0 Å². The fraction of sp³-hybridized carbons (Fsp3) is 0.538. The van der Waals surface area contributed by atoms with Gasteiger partial charge in [-0.05, 0) is 25.0 Å². The van der Waals surface area contributed by atoms with E-state index in [1.807, 2.05) is 0 Å². The van der Waals surface area contributed by atoms with Crippen LogP contribution in [0, 0.1) is 0 Å². The van der Waals surface area contributed by atoms with Gasteiger partial charge in [-0.2, -0.15) is 0 Å². The molecule has 7 nitrogen and oxygen atoms in total. The SMILES string of the molecule is COCC(=O)NC1CCN(C(=O)c2ccc(Cl)nn2)CC1. The van der Waals surface area contributed by atoms with Gasteiger partial charge in [-0.25, -0.2) is 0 Å². The molecule has 1 aliphatic rings. The van der Waals surface area contributed by atoms with Gasteiger partial charge in [0, 0.05) is 26.2 Å². The average Bonchev–Trinajstić information content (AvgIpc) is 2.48. The third kappa shape index (κ3) is 4.37. The minimum atomic E-state index is -0.166. The molecule has 0 bridgehead atoms. The van der Waals surface area contributed by atoms with E-state index in [0.717, 1.165) is 0 Å². The predicted molar refractivity (Wildman–Crippen MR) is 76.0 cm³/mol. The van der Waals surface area contributed by atoms with Gasteiger partial charge >= 0.3 is 0 Å². The van der Waals surface area contributed by atoms with Crippen LogP contribution < -0.4 is 5.32 Å². The lowest BCUT2D eigenvalue weighted by Crippen LogP contribution is -2.47. The molecule has 2 rings (SSSR count). The maximum Gasteiger partial charge on any atom is 0.274 e. The lowest BCUT2D eigenvalue weighted by molar-refractivity contribution is -0.125. The first-order chi connectivity index (χ1) is 10.1. The molecule has 1 fully saturated rings. The third-order valence-corrected chi connectivity index (χ3v) is 3.48. The van der Waals surface area contributed by atoms with Crippen LogP contribution in [0.3, 0.4) is 0 Å². The molecule has 0 saturated carbocycles. The van der Waals surface area contributed by atoms with Crippen LogP contribution in [-0.4, -0.2) is 59.8 Å². The van der Waals surface area contributed by atoms with Crippen LogP contribution in [0.25, 0.3) is 0 Å². The summed E-state index contributed by atoms with van der Waals surface area (Å²) in [6, 6.07) is 3.18. The molecule has 8 heteroatoms. The largest absolute Gasteiger partial charge is 0.375 e. The van der Waals surface area contributed by atoms with Crippen LogP contribution in [0.15, 0.2) is 12.1 Å². The minimum Gasteiger partial charge on any atom is -0.375 e. The topological polar surface area (TPSA) is 84.4 Å². The van der Waals surface area contributed by atoms with Gasteiger partial charge in [0.25, 0.3) is 5.91 Å². The molecule has 1 aromatic rings. The van der Waals surface area contributed by atoms with Crippen LogP contribution in [0.2, 0.25) is 5.15 Å². The van der Waals surface area contributed by atoms with Crippen molar-refractivity contribution in [2.24, 2.45) is 0 Å². The number of carbonyl (C=O) groups is 2. The zero-order valence-corrected chi connectivity index (χ0v) is 12.5. The van der Waals surface area contributed by atoms with Gasteiger partial charge in [-0.3, -0.25) is 9.59 Å². The van der Waals surface area contributed by atoms with Gasteiger partial charge in [-0.1, -0.05) is 11.6 Å². The Hall–Kier alpha value is -1.73. The molecule has 0 aromatic carbocycles. The number of amides is 2. The van der Waals surface area contributed by atoms with Crippen LogP contribution in [0.5, 0.6) is 0 Å². The molecule has 0 spiro atoms. The number of likely N-dealkylation sites (tertiary alicyclic amines) is 1. The zero-order valence-electron chi connectivity index (χ0n) is 11.7. The Morgan fingerprint density at radius 2 is 2.10 bits per heavy atom. The van der Waals surface area contributed by atoms with Crippen molar-refractivity contribution in [1.29, 1.82) is 0 Å². The summed E-state index contributed by atoms with van der Waals surface area (Å²) in [5, 5.41) is 10.6. The molecule has 1 aromatic heterocycles. The summed E-state index contributed by atoms with van der Waals surface area (Å²) in [4.78, 5) is 25.4. The van der Waals surface area contributed by atoms with E-state index in [9.17, 15) is 9.59 Å². The van der Waals surface area contributed by atoms with Crippen molar-refractivity contribution in [2.45, 2.75) is 18.9 Å². The number of carbonyl (C=O) groups excluding carboxylic acids is 2. The molecule has 114 valence electrons. The van der Waals surface area contributed by atoms with E-state index in [4.69, 9.17) is 16.3 Å². The number of halogens is 1. The summed E-state index contributed by atoms with van der Waals surface area (Å²) in [6.07, 6.45) is 1.42. The van der Waals surface area contributed by atoms with Crippen LogP contribution >= 0.6 is 11.6 Å². The van der Waals surface area contributed by atoms with Gasteiger partial charge in [0.2, 0.25) is 5.91 Å². The Bertz CT molecular complexity index is 501. The molecule has 2 amide bonds. The number of hydrogen-bond acceptors (Lipinski definition) is 5. The monoisotopic (exact) mass is 312 g/mol. The van der Waals surface area contributed by atoms with Gasteiger partial charge in [0.1, 0.15) is 6.61 Å². The summed E-state index contributed by atoms with van der Waals surface area (Å²) in [6.45, 7) is 1.20. The van der Waals surface area contributed by atoms with E-state index < -0.39 is 0 Å². The Morgan fingerprint density at radius 1 is 1.38 bits per heavy atom. The zero-order chi connectivity index (χ0) is 15.2. The lowest BCUT2D eigenvalue weighted by atomic mass is 10.0. The normalized spacial score (nSPS) is 15.8. The Balaban J connectivity index is 1.84. The number of piperidine rings is 1. The maximum absolute atomic E-state index is 12.2. The summed E-state index contributed by atoms with van der Waals surface area (Å²) >= 11 is 5.65. The second-order valence-corrected chi connectivity index (χ2v) is 5.20. The van der Waals surface area contributed by atoms with Crippen molar-refractivity contribution in [3.8, 4) is 0 Å². The fourth-order valence-corrected chi connectivity index (χ4v) is 2.32. The van der Waals surface area contributed by atoms with Gasteiger partial charge < -0.3 is 15.0 Å². The summed E-state index contributed by atoms with van der Waals surface area (Å²) in [5.41, 5.74) is 0.279. The average molecular weight is 313 g/mol. The van der Waals surface area contributed by atoms with Crippen LogP contribution in [0.4, 0.5) is 0 Å². The highest BCUT2D eigenvalue weighted by molar-refractivity contribution is 6.29. The summed E-state index contributed by atoms with van der Waals surface area (Å²) in [5.74, 6) is -0.299. The standard InChI is InChI=1S/C13H17ClN4O3/c1-21-8-12(19)15-9-4-6-18(7-5-9)13(20)10-2-3-11(14)17-16-10/h2-3,9H,4-8H2,1H3,(H,15,19). The molecular formula is C13H17ClN4O3. The lowest BCUT2D eigenvalue weighted by Gasteiger charge is -2.32. The molecule has 1 saturated heterocycles. The highest BCUT2D eigenvalue weighted by atomic mass is 35.5. The van der Waals surface area contributed by atoms with Crippen molar-refractivity contribution in [1.82, 2.24) is 20.4 Å². The van der Waals surface area contributed by atoms with E-state index >= 15 is 0 Å². The highest BCUT2D eigenvalue weighted by Crippen LogP contribution is 2.13. The number of hydrogen-bond donors (Lipinski definition) is 1. The molecule has 0 unspecified atom stereocenters. The first kappa shape index (κ1) is 15.7. The molecule has 0 aliphatic carbocycles. The molecule has 1 N–H and O–H groups in total. The molecule has 1 aliphatic heterocycles. The molecule has 0 radical (unpaired) electrons. The van der Waals surface area contributed by atoms with E-state index in [2.05, 4.69) is 15.5 Å². The first-order valence-electron chi connectivity index (χ1n) is 6.67. The molecule has 21 heavy (non-hydrogen) atoms. The summed E-state index contributed by atoms with van der Waals surface area (Å²) < 4.78 is 4.77. The van der Waals surface area contributed by atoms with E-state index in [-0.39, 0.29) is 35.3 Å². The van der Waals surface area contributed by atoms with Crippen molar-refractivity contribution >= 4 is 23.4 Å². The van der Waals surface area contributed by atoms with E-state index in [1.165, 1.54) is 7.11 Å². The van der Waals surface area contributed by atoms with E-state index in [0.29, 0.717) is 25.9 Å². The Kier molecular flexibility index (Phi) is 5.46. The molecular weight excluding hydrogens is 296 g/mol. The summed E-state index contributed by atoms with van der Waals surface area (Å²) in [7, 11) is 1.48. The number of methoxy groups -OCH3 is 1. The number of nitrogens with zero attached hydrogens (tertiary/aromatic N) is 3. The first-order valence-corrected chi connectivity index (χ1v) is 7.04. The van der Waals surface area contributed by atoms with Gasteiger partial charge in [0.05, 0.1) is 0 Å². The van der Waals surface area contributed by atoms with Crippen molar-refractivity contribution in [2.75, 3.05) is 26.8 Å². The second-order valence-electron chi connectivity index (χ2n) is 4.81. The molecule has 2 heterocycles. The number of rotatable bonds is 4. The van der Waals surface area contributed by atoms with Crippen molar-refractivity contribution < 1.29 is 14.3 Å². The Labute approximate surface area is 127 Å². The van der Waals surface area contributed by atoms with Crippen LogP contribution in [-0.2, 0) is 9.53 Å². The highest BCUT2D eigenvalue weighted by Gasteiger charge is 2.25. The fourth-order valence-electron chi connectivity index (χ4n) is 2.22. The quantitative estimate of drug-likeness (QED) is 0.875. The minimum absolute atomic E-state index is 0.0551. The van der Waals surface area contributed by atoms with Gasteiger partial charge in [-0.15, -0.1) is 10.2 Å². The van der Waals surface area contributed by atoms with Crippen molar-refractivity contribution in [3.63, 3.8) is 0 Å². The predicted octanol–water partition coefficient (Wildman–Crippen LogP) is 0.497. The van der Waals surface area contributed by atoms with Crippen molar-refractivity contribution in [3.05, 3.63) is 23.0 Å². The third-order valence-electron chi connectivity index (χ3n) is 3.27. The van der Waals surface area contributed by atoms with Crippen LogP contribution in [0.1, 0.15) is 23.3 Å². The number of aromatic nitrogens is 2.